The van der Waals surface area contributed by atoms with Crippen molar-refractivity contribution in [1.82, 2.24) is 0 Å². The van der Waals surface area contributed by atoms with Crippen molar-refractivity contribution in [3.63, 3.8) is 0 Å². The number of nitrogens with zero attached hydrogens (tertiary/aromatic N) is 1. The molecule has 3 rings (SSSR count). The topological polar surface area (TPSA) is 49.4 Å². The van der Waals surface area contributed by atoms with Gasteiger partial charge in [0.2, 0.25) is 11.8 Å². The van der Waals surface area contributed by atoms with E-state index in [0.29, 0.717) is 12.8 Å². The van der Waals surface area contributed by atoms with Crippen LogP contribution in [0.4, 0.5) is 11.4 Å². The molecule has 1 aliphatic heterocycles. The Morgan fingerprint density at radius 3 is 2.50 bits per heavy atom. The van der Waals surface area contributed by atoms with Crippen LogP contribution in [0.2, 0.25) is 0 Å². The van der Waals surface area contributed by atoms with Crippen LogP contribution in [0, 0.1) is 13.8 Å². The third-order valence-corrected chi connectivity index (χ3v) is 4.39. The van der Waals surface area contributed by atoms with E-state index >= 15 is 0 Å². The molecule has 0 bridgehead atoms. The predicted octanol–water partition coefficient (Wildman–Crippen LogP) is 3.61. The summed E-state index contributed by atoms with van der Waals surface area (Å²) in [5.41, 5.74) is 5.01. The second-order valence-electron chi connectivity index (χ2n) is 6.35. The minimum atomic E-state index is -0.0352. The van der Waals surface area contributed by atoms with Gasteiger partial charge in [-0.15, -0.1) is 0 Å². The molecule has 0 aromatic heterocycles. The monoisotopic (exact) mass is 322 g/mol. The fourth-order valence-corrected chi connectivity index (χ4v) is 3.07. The molecule has 0 radical (unpaired) electrons. The molecule has 2 aromatic carbocycles. The molecule has 1 aliphatic rings. The molecule has 0 saturated carbocycles. The number of rotatable bonds is 4. The van der Waals surface area contributed by atoms with E-state index in [2.05, 4.69) is 11.4 Å². The average Bonchev–Trinajstić information content (AvgIpc) is 2.97. The molecule has 0 unspecified atom stereocenters. The summed E-state index contributed by atoms with van der Waals surface area (Å²) in [7, 11) is 0. The summed E-state index contributed by atoms with van der Waals surface area (Å²) in [6, 6.07) is 13.6. The first-order valence-electron chi connectivity index (χ1n) is 8.29. The lowest BCUT2D eigenvalue weighted by Gasteiger charge is -2.16. The van der Waals surface area contributed by atoms with Gasteiger partial charge < -0.3 is 10.2 Å². The lowest BCUT2D eigenvalue weighted by atomic mass is 10.0. The highest BCUT2D eigenvalue weighted by Gasteiger charge is 2.21. The Morgan fingerprint density at radius 2 is 1.88 bits per heavy atom. The largest absolute Gasteiger partial charge is 0.326 e. The molecule has 1 N–H and O–H groups in total. The van der Waals surface area contributed by atoms with Crippen LogP contribution in [0.25, 0.3) is 0 Å². The Kier molecular flexibility index (Phi) is 4.65. The summed E-state index contributed by atoms with van der Waals surface area (Å²) in [6.45, 7) is 4.85. The molecule has 1 heterocycles. The minimum Gasteiger partial charge on any atom is -0.326 e. The Labute approximate surface area is 142 Å². The molecule has 124 valence electrons. The zero-order valence-corrected chi connectivity index (χ0v) is 14.1. The number of anilines is 2. The second-order valence-corrected chi connectivity index (χ2v) is 6.35. The van der Waals surface area contributed by atoms with Crippen LogP contribution < -0.4 is 10.2 Å². The molecule has 0 spiro atoms. The first-order valence-corrected chi connectivity index (χ1v) is 8.29. The molecule has 1 saturated heterocycles. The lowest BCUT2D eigenvalue weighted by Crippen LogP contribution is -2.23. The van der Waals surface area contributed by atoms with Crippen LogP contribution in [0.5, 0.6) is 0 Å². The Bertz CT molecular complexity index is 766. The van der Waals surface area contributed by atoms with Gasteiger partial charge in [-0.2, -0.15) is 0 Å². The smallest absolute Gasteiger partial charge is 0.228 e. The molecule has 1 fully saturated rings. The summed E-state index contributed by atoms with van der Waals surface area (Å²) in [4.78, 5) is 25.8. The fourth-order valence-electron chi connectivity index (χ4n) is 3.07. The van der Waals surface area contributed by atoms with Gasteiger partial charge in [0, 0.05) is 24.3 Å². The minimum absolute atomic E-state index is 0.0352. The maximum atomic E-state index is 12.2. The zero-order chi connectivity index (χ0) is 17.1. The molecule has 4 heteroatoms. The van der Waals surface area contributed by atoms with E-state index < -0.39 is 0 Å². The van der Waals surface area contributed by atoms with E-state index in [1.807, 2.05) is 50.2 Å². The van der Waals surface area contributed by atoms with Gasteiger partial charge in [0.1, 0.15) is 0 Å². The van der Waals surface area contributed by atoms with Gasteiger partial charge in [-0.3, -0.25) is 9.59 Å². The molecule has 0 atom stereocenters. The van der Waals surface area contributed by atoms with Crippen LogP contribution in [-0.4, -0.2) is 18.4 Å². The van der Waals surface area contributed by atoms with Crippen molar-refractivity contribution in [2.75, 3.05) is 16.8 Å². The molecule has 24 heavy (non-hydrogen) atoms. The highest BCUT2D eigenvalue weighted by Crippen LogP contribution is 2.23. The summed E-state index contributed by atoms with van der Waals surface area (Å²) in [5, 5.41) is 2.92. The van der Waals surface area contributed by atoms with Crippen LogP contribution in [0.15, 0.2) is 42.5 Å². The van der Waals surface area contributed by atoms with Crippen LogP contribution >= 0.6 is 0 Å². The number of amides is 2. The third-order valence-electron chi connectivity index (χ3n) is 4.39. The number of nitrogens with one attached hydrogen (secondary N) is 1. The number of hydrogen-bond donors (Lipinski definition) is 1. The van der Waals surface area contributed by atoms with Crippen LogP contribution in [0.1, 0.15) is 29.5 Å². The van der Waals surface area contributed by atoms with E-state index in [1.54, 1.807) is 4.90 Å². The first kappa shape index (κ1) is 16.2. The summed E-state index contributed by atoms with van der Waals surface area (Å²) in [5.74, 6) is 0.133. The highest BCUT2D eigenvalue weighted by molar-refractivity contribution is 5.96. The Balaban J connectivity index is 1.63. The van der Waals surface area contributed by atoms with Crippen molar-refractivity contribution >= 4 is 23.2 Å². The Morgan fingerprint density at radius 1 is 1.12 bits per heavy atom. The van der Waals surface area contributed by atoms with E-state index in [4.69, 9.17) is 0 Å². The summed E-state index contributed by atoms with van der Waals surface area (Å²) in [6.07, 6.45) is 1.89. The number of carbonyl (C=O) groups is 2. The van der Waals surface area contributed by atoms with Crippen molar-refractivity contribution in [1.29, 1.82) is 0 Å². The van der Waals surface area contributed by atoms with Gasteiger partial charge in [-0.1, -0.05) is 23.8 Å². The quantitative estimate of drug-likeness (QED) is 0.935. The number of hydrogen-bond acceptors (Lipinski definition) is 2. The summed E-state index contributed by atoms with van der Waals surface area (Å²) >= 11 is 0. The van der Waals surface area contributed by atoms with E-state index in [0.717, 1.165) is 35.5 Å². The molecular weight excluding hydrogens is 300 g/mol. The normalized spacial score (nSPS) is 14.1. The van der Waals surface area contributed by atoms with Crippen LogP contribution in [-0.2, 0) is 16.0 Å². The van der Waals surface area contributed by atoms with Crippen molar-refractivity contribution in [3.05, 3.63) is 59.2 Å². The molecular formula is C20H22N2O2. The van der Waals surface area contributed by atoms with E-state index in [-0.39, 0.29) is 11.8 Å². The maximum Gasteiger partial charge on any atom is 0.228 e. The number of benzene rings is 2. The van der Waals surface area contributed by atoms with Gasteiger partial charge in [0.25, 0.3) is 0 Å². The van der Waals surface area contributed by atoms with Gasteiger partial charge in [-0.25, -0.2) is 0 Å². The van der Waals surface area contributed by atoms with Crippen molar-refractivity contribution < 1.29 is 9.59 Å². The van der Waals surface area contributed by atoms with Gasteiger partial charge in [0.05, 0.1) is 6.42 Å². The fraction of sp³-hybridized carbons (Fsp3) is 0.300. The van der Waals surface area contributed by atoms with E-state index in [1.165, 1.54) is 5.56 Å². The first-order chi connectivity index (χ1) is 11.5. The number of aryl methyl sites for hydroxylation is 2. The molecule has 2 amide bonds. The predicted molar refractivity (Wildman–Crippen MR) is 96.3 cm³/mol. The standard InChI is InChI=1S/C20H22N2O2/c1-14-5-6-16(15(2)12-14)13-19(23)21-17-7-9-18(10-8-17)22-11-3-4-20(22)24/h5-10,12H,3-4,11,13H2,1-2H3,(H,21,23). The third kappa shape index (κ3) is 3.65. The van der Waals surface area contributed by atoms with Crippen molar-refractivity contribution in [2.24, 2.45) is 0 Å². The van der Waals surface area contributed by atoms with Crippen molar-refractivity contribution in [3.8, 4) is 0 Å². The number of carbonyl (C=O) groups excluding carboxylic acids is 2. The SMILES string of the molecule is Cc1ccc(CC(=O)Nc2ccc(N3CCCC3=O)cc2)c(C)c1. The molecule has 0 aliphatic carbocycles. The van der Waals surface area contributed by atoms with Gasteiger partial charge in [0.15, 0.2) is 0 Å². The second kappa shape index (κ2) is 6.87. The van der Waals surface area contributed by atoms with Crippen LogP contribution in [0.3, 0.4) is 0 Å². The lowest BCUT2D eigenvalue weighted by molar-refractivity contribution is -0.117. The van der Waals surface area contributed by atoms with E-state index in [9.17, 15) is 9.59 Å². The van der Waals surface area contributed by atoms with Crippen molar-refractivity contribution in [2.45, 2.75) is 33.1 Å². The summed E-state index contributed by atoms with van der Waals surface area (Å²) < 4.78 is 0. The highest BCUT2D eigenvalue weighted by atomic mass is 16.2. The molecule has 4 nitrogen and oxygen atoms in total. The Hall–Kier alpha value is -2.62. The molecule has 2 aromatic rings. The van der Waals surface area contributed by atoms with Gasteiger partial charge >= 0.3 is 0 Å². The maximum absolute atomic E-state index is 12.2. The zero-order valence-electron chi connectivity index (χ0n) is 14.1. The average molecular weight is 322 g/mol. The van der Waals surface area contributed by atoms with Gasteiger partial charge in [-0.05, 0) is 55.7 Å².